The Balaban J connectivity index is 1.93. The number of unbranched alkanes of at least 4 members (excludes halogenated alkanes) is 9. The molecule has 0 bridgehead atoms. The molecule has 182 valence electrons. The van der Waals surface area contributed by atoms with E-state index in [1.807, 2.05) is 20.8 Å². The number of phenols is 2. The molecule has 0 saturated heterocycles. The van der Waals surface area contributed by atoms with Crippen molar-refractivity contribution >= 4 is 5.78 Å². The lowest BCUT2D eigenvalue weighted by Crippen LogP contribution is -2.16. The molecule has 0 aromatic heterocycles. The van der Waals surface area contributed by atoms with Crippen LogP contribution in [0.5, 0.6) is 17.2 Å². The Bertz CT molecular complexity index is 862. The molecule has 2 N–H and O–H groups in total. The number of benzene rings is 2. The van der Waals surface area contributed by atoms with E-state index in [4.69, 9.17) is 4.74 Å². The highest BCUT2D eigenvalue weighted by Crippen LogP contribution is 2.41. The van der Waals surface area contributed by atoms with Crippen molar-refractivity contribution in [2.45, 2.75) is 97.3 Å². The Morgan fingerprint density at radius 3 is 1.88 bits per heavy atom. The largest absolute Gasteiger partial charge is 0.508 e. The van der Waals surface area contributed by atoms with Gasteiger partial charge in [0.25, 0.3) is 0 Å². The smallest absolute Gasteiger partial charge is 0.196 e. The number of hydrogen-bond donors (Lipinski definition) is 2. The summed E-state index contributed by atoms with van der Waals surface area (Å²) in [5.74, 6) is 0.431. The number of carbonyl (C=O) groups excluding carboxylic acids is 1. The highest BCUT2D eigenvalue weighted by Gasteiger charge is 2.27. The predicted molar refractivity (Wildman–Crippen MR) is 136 cm³/mol. The van der Waals surface area contributed by atoms with Gasteiger partial charge in [-0.05, 0) is 48.2 Å². The molecule has 33 heavy (non-hydrogen) atoms. The maximum Gasteiger partial charge on any atom is 0.196 e. The topological polar surface area (TPSA) is 66.8 Å². The van der Waals surface area contributed by atoms with Crippen molar-refractivity contribution in [3.8, 4) is 17.2 Å². The molecule has 0 atom stereocenters. The number of ketones is 1. The summed E-state index contributed by atoms with van der Waals surface area (Å²) in [6.07, 6.45) is 12.7. The van der Waals surface area contributed by atoms with Gasteiger partial charge in [0, 0.05) is 11.1 Å². The molecule has 0 unspecified atom stereocenters. The van der Waals surface area contributed by atoms with E-state index in [0.29, 0.717) is 23.5 Å². The fourth-order valence-corrected chi connectivity index (χ4v) is 4.14. The average Bonchev–Trinajstić information content (AvgIpc) is 2.76. The summed E-state index contributed by atoms with van der Waals surface area (Å²) in [5, 5.41) is 20.5. The third kappa shape index (κ3) is 8.42. The van der Waals surface area contributed by atoms with Crippen LogP contribution in [0.25, 0.3) is 0 Å². The first-order chi connectivity index (χ1) is 15.8. The summed E-state index contributed by atoms with van der Waals surface area (Å²) >= 11 is 0. The molecule has 0 aliphatic heterocycles. The predicted octanol–water partition coefficient (Wildman–Crippen LogP) is 7.93. The molecule has 0 saturated carbocycles. The molecule has 0 spiro atoms. The van der Waals surface area contributed by atoms with Gasteiger partial charge in [-0.25, -0.2) is 0 Å². The van der Waals surface area contributed by atoms with Crippen LogP contribution < -0.4 is 4.74 Å². The molecule has 0 aliphatic rings. The molecular formula is C29H42O4. The minimum atomic E-state index is -0.386. The van der Waals surface area contributed by atoms with Crippen molar-refractivity contribution in [2.24, 2.45) is 0 Å². The zero-order valence-corrected chi connectivity index (χ0v) is 21.0. The van der Waals surface area contributed by atoms with Crippen molar-refractivity contribution in [3.63, 3.8) is 0 Å². The Kier molecular flexibility index (Phi) is 10.8. The van der Waals surface area contributed by atoms with Crippen LogP contribution >= 0.6 is 0 Å². The first-order valence-corrected chi connectivity index (χ1v) is 12.6. The monoisotopic (exact) mass is 454 g/mol. The zero-order valence-electron chi connectivity index (χ0n) is 21.0. The van der Waals surface area contributed by atoms with Crippen molar-refractivity contribution in [2.75, 3.05) is 6.61 Å². The fourth-order valence-electron chi connectivity index (χ4n) is 4.14. The maximum absolute atomic E-state index is 12.9. The average molecular weight is 455 g/mol. The molecule has 0 radical (unpaired) electrons. The Hall–Kier alpha value is -2.49. The minimum Gasteiger partial charge on any atom is -0.508 e. The van der Waals surface area contributed by atoms with E-state index in [1.54, 1.807) is 24.3 Å². The number of carbonyl (C=O) groups is 1. The van der Waals surface area contributed by atoms with Crippen LogP contribution in [0.1, 0.15) is 113 Å². The summed E-state index contributed by atoms with van der Waals surface area (Å²) in [4.78, 5) is 12.9. The van der Waals surface area contributed by atoms with Crippen molar-refractivity contribution in [3.05, 3.63) is 53.1 Å². The maximum atomic E-state index is 12.9. The van der Waals surface area contributed by atoms with E-state index >= 15 is 0 Å². The standard InChI is InChI=1S/C29H42O4/c1-5-6-7-8-9-10-11-12-13-14-21-33-25-20-19-24(28(32)26(25)29(2,3)4)27(31)22-15-17-23(30)18-16-22/h15-20,30,32H,5-14,21H2,1-4H3. The first kappa shape index (κ1) is 26.8. The van der Waals surface area contributed by atoms with Gasteiger partial charge in [-0.3, -0.25) is 4.79 Å². The van der Waals surface area contributed by atoms with Crippen LogP contribution in [-0.4, -0.2) is 22.6 Å². The molecule has 2 aromatic carbocycles. The second kappa shape index (κ2) is 13.3. The molecular weight excluding hydrogens is 412 g/mol. The van der Waals surface area contributed by atoms with E-state index in [9.17, 15) is 15.0 Å². The number of aromatic hydroxyl groups is 2. The van der Waals surface area contributed by atoms with Gasteiger partial charge in [0.2, 0.25) is 0 Å². The summed E-state index contributed by atoms with van der Waals surface area (Å²) in [6.45, 7) is 8.86. The molecule has 0 amide bonds. The van der Waals surface area contributed by atoms with Gasteiger partial charge in [0.15, 0.2) is 5.78 Å². The van der Waals surface area contributed by atoms with Gasteiger partial charge >= 0.3 is 0 Å². The van der Waals surface area contributed by atoms with E-state index in [-0.39, 0.29) is 28.3 Å². The van der Waals surface area contributed by atoms with E-state index in [2.05, 4.69) is 6.92 Å². The SMILES string of the molecule is CCCCCCCCCCCCOc1ccc(C(=O)c2ccc(O)cc2)c(O)c1C(C)(C)C. The highest BCUT2D eigenvalue weighted by atomic mass is 16.5. The second-order valence-corrected chi connectivity index (χ2v) is 9.99. The first-order valence-electron chi connectivity index (χ1n) is 12.6. The van der Waals surface area contributed by atoms with Gasteiger partial charge in [0.05, 0.1) is 12.2 Å². The normalized spacial score (nSPS) is 11.5. The molecule has 4 nitrogen and oxygen atoms in total. The van der Waals surface area contributed by atoms with Gasteiger partial charge in [-0.15, -0.1) is 0 Å². The van der Waals surface area contributed by atoms with Gasteiger partial charge in [-0.1, -0.05) is 85.5 Å². The lowest BCUT2D eigenvalue weighted by molar-refractivity contribution is 0.103. The molecule has 0 fully saturated rings. The molecule has 2 rings (SSSR count). The third-order valence-electron chi connectivity index (χ3n) is 6.02. The quantitative estimate of drug-likeness (QED) is 0.225. The van der Waals surface area contributed by atoms with Crippen LogP contribution in [0.3, 0.4) is 0 Å². The lowest BCUT2D eigenvalue weighted by atomic mass is 9.83. The number of hydrogen-bond acceptors (Lipinski definition) is 4. The Labute approximate surface area is 200 Å². The van der Waals surface area contributed by atoms with E-state index < -0.39 is 0 Å². The zero-order chi connectivity index (χ0) is 24.3. The summed E-state index contributed by atoms with van der Waals surface area (Å²) in [5.41, 5.74) is 0.931. The molecule has 0 aliphatic carbocycles. The van der Waals surface area contributed by atoms with Crippen LogP contribution in [0.4, 0.5) is 0 Å². The third-order valence-corrected chi connectivity index (χ3v) is 6.02. The van der Waals surface area contributed by atoms with Gasteiger partial charge < -0.3 is 14.9 Å². The Morgan fingerprint density at radius 1 is 0.788 bits per heavy atom. The minimum absolute atomic E-state index is 0.0267. The molecule has 2 aromatic rings. The summed E-state index contributed by atoms with van der Waals surface area (Å²) < 4.78 is 6.07. The summed E-state index contributed by atoms with van der Waals surface area (Å²) in [6, 6.07) is 9.49. The lowest BCUT2D eigenvalue weighted by Gasteiger charge is -2.25. The number of rotatable bonds is 14. The van der Waals surface area contributed by atoms with Gasteiger partial charge in [0.1, 0.15) is 17.2 Å². The van der Waals surface area contributed by atoms with E-state index in [0.717, 1.165) is 12.8 Å². The van der Waals surface area contributed by atoms with Crippen LogP contribution in [-0.2, 0) is 5.41 Å². The number of ether oxygens (including phenoxy) is 1. The van der Waals surface area contributed by atoms with Crippen LogP contribution in [0, 0.1) is 0 Å². The van der Waals surface area contributed by atoms with Crippen molar-refractivity contribution in [1.29, 1.82) is 0 Å². The molecule has 0 heterocycles. The molecule has 4 heteroatoms. The Morgan fingerprint density at radius 2 is 1.33 bits per heavy atom. The van der Waals surface area contributed by atoms with Crippen molar-refractivity contribution < 1.29 is 19.7 Å². The van der Waals surface area contributed by atoms with Gasteiger partial charge in [-0.2, -0.15) is 0 Å². The summed E-state index contributed by atoms with van der Waals surface area (Å²) in [7, 11) is 0. The highest BCUT2D eigenvalue weighted by molar-refractivity contribution is 6.11. The second-order valence-electron chi connectivity index (χ2n) is 9.99. The van der Waals surface area contributed by atoms with Crippen molar-refractivity contribution in [1.82, 2.24) is 0 Å². The van der Waals surface area contributed by atoms with Crippen LogP contribution in [0.15, 0.2) is 36.4 Å². The number of phenolic OH excluding ortho intramolecular Hbond substituents is 2. The van der Waals surface area contributed by atoms with E-state index in [1.165, 1.54) is 63.5 Å². The van der Waals surface area contributed by atoms with Crippen LogP contribution in [0.2, 0.25) is 0 Å². The fraction of sp³-hybridized carbons (Fsp3) is 0.552.